The van der Waals surface area contributed by atoms with Crippen LogP contribution in [-0.4, -0.2) is 43.4 Å². The van der Waals surface area contributed by atoms with Crippen LogP contribution < -0.4 is 0 Å². The number of nitrogens with zero attached hydrogens (tertiary/aromatic N) is 5. The van der Waals surface area contributed by atoms with Crippen LogP contribution in [0.2, 0.25) is 0 Å². The van der Waals surface area contributed by atoms with E-state index in [4.69, 9.17) is 0 Å². The van der Waals surface area contributed by atoms with E-state index in [0.717, 1.165) is 56.0 Å². The second-order valence-electron chi connectivity index (χ2n) is 8.52. The maximum atomic E-state index is 12.8. The summed E-state index contributed by atoms with van der Waals surface area (Å²) in [5, 5.41) is 0. The summed E-state index contributed by atoms with van der Waals surface area (Å²) in [5.41, 5.74) is 1.90. The summed E-state index contributed by atoms with van der Waals surface area (Å²) in [4.78, 5) is 28.2. The number of carbonyl (C=O) groups is 1. The van der Waals surface area contributed by atoms with Gasteiger partial charge in [0.15, 0.2) is 5.82 Å². The van der Waals surface area contributed by atoms with Gasteiger partial charge in [-0.05, 0) is 50.0 Å². The number of hydrogen-bond acceptors (Lipinski definition) is 4. The maximum Gasteiger partial charge on any atom is 0.222 e. The largest absolute Gasteiger partial charge is 0.342 e. The van der Waals surface area contributed by atoms with Gasteiger partial charge in [-0.15, -0.1) is 0 Å². The Hall–Kier alpha value is -2.24. The van der Waals surface area contributed by atoms with Gasteiger partial charge in [-0.2, -0.15) is 0 Å². The third-order valence-corrected chi connectivity index (χ3v) is 6.33. The van der Waals surface area contributed by atoms with Crippen LogP contribution in [-0.2, 0) is 18.3 Å². The Labute approximate surface area is 167 Å². The standard InChI is InChI=1S/C22H31N5O/c1-26-11-9-23-22(26)20-14-19(24-16-25-20)12-18-8-5-10-27(15-18)21(28)13-17-6-3-2-4-7-17/h9,11,14,16-18H,2-8,10,12-13,15H2,1H3/t18-/m1/s1. The molecule has 0 unspecified atom stereocenters. The fraction of sp³-hybridized carbons (Fsp3) is 0.636. The minimum absolute atomic E-state index is 0.369. The molecular weight excluding hydrogens is 350 g/mol. The van der Waals surface area contributed by atoms with Crippen molar-refractivity contribution in [1.82, 2.24) is 24.4 Å². The molecule has 0 bridgehead atoms. The number of aryl methyl sites for hydroxylation is 1. The van der Waals surface area contributed by atoms with Crippen LogP contribution in [0.4, 0.5) is 0 Å². The van der Waals surface area contributed by atoms with E-state index in [9.17, 15) is 4.79 Å². The highest BCUT2D eigenvalue weighted by atomic mass is 16.2. The van der Waals surface area contributed by atoms with Gasteiger partial charge in [-0.1, -0.05) is 19.3 Å². The van der Waals surface area contributed by atoms with Gasteiger partial charge in [0, 0.05) is 44.6 Å². The molecule has 2 aliphatic rings. The van der Waals surface area contributed by atoms with Crippen LogP contribution in [0.15, 0.2) is 24.8 Å². The first-order valence-electron chi connectivity index (χ1n) is 10.8. The quantitative estimate of drug-likeness (QED) is 0.793. The predicted octanol–water partition coefficient (Wildman–Crippen LogP) is 3.63. The van der Waals surface area contributed by atoms with E-state index < -0.39 is 0 Å². The SMILES string of the molecule is Cn1ccnc1-c1cc(C[C@H]2CCCN(C(=O)CC3CCCCC3)C2)ncn1. The topological polar surface area (TPSA) is 63.9 Å². The predicted molar refractivity (Wildman–Crippen MR) is 108 cm³/mol. The third-order valence-electron chi connectivity index (χ3n) is 6.33. The van der Waals surface area contributed by atoms with Gasteiger partial charge in [0.05, 0.1) is 0 Å². The Bertz CT molecular complexity index is 796. The molecule has 1 aliphatic heterocycles. The molecule has 0 radical (unpaired) electrons. The molecule has 6 heteroatoms. The molecule has 2 aromatic heterocycles. The van der Waals surface area contributed by atoms with Crippen LogP contribution in [0, 0.1) is 11.8 Å². The smallest absolute Gasteiger partial charge is 0.222 e. The van der Waals surface area contributed by atoms with E-state index in [-0.39, 0.29) is 0 Å². The summed E-state index contributed by atoms with van der Waals surface area (Å²) in [7, 11) is 1.97. The number of imidazole rings is 1. The van der Waals surface area contributed by atoms with E-state index in [1.165, 1.54) is 32.1 Å². The van der Waals surface area contributed by atoms with Crippen molar-refractivity contribution in [3.63, 3.8) is 0 Å². The summed E-state index contributed by atoms with van der Waals surface area (Å²) in [6, 6.07) is 2.05. The third kappa shape index (κ3) is 4.59. The summed E-state index contributed by atoms with van der Waals surface area (Å²) in [6.45, 7) is 1.79. The van der Waals surface area contributed by atoms with Gasteiger partial charge in [-0.3, -0.25) is 4.79 Å². The van der Waals surface area contributed by atoms with E-state index in [0.29, 0.717) is 17.7 Å². The molecule has 2 aromatic rings. The molecule has 1 amide bonds. The highest BCUT2D eigenvalue weighted by Gasteiger charge is 2.26. The average Bonchev–Trinajstić information content (AvgIpc) is 3.15. The molecule has 0 N–H and O–H groups in total. The van der Waals surface area contributed by atoms with Crippen molar-refractivity contribution >= 4 is 5.91 Å². The average molecular weight is 382 g/mol. The molecule has 6 nitrogen and oxygen atoms in total. The van der Waals surface area contributed by atoms with E-state index >= 15 is 0 Å². The molecule has 1 aliphatic carbocycles. The van der Waals surface area contributed by atoms with Crippen molar-refractivity contribution in [2.45, 2.75) is 57.8 Å². The number of carbonyl (C=O) groups excluding carboxylic acids is 1. The Morgan fingerprint density at radius 2 is 1.89 bits per heavy atom. The number of aromatic nitrogens is 4. The number of piperidine rings is 1. The summed E-state index contributed by atoms with van der Waals surface area (Å²) in [6.07, 6.45) is 15.7. The van der Waals surface area contributed by atoms with Crippen LogP contribution in [0.3, 0.4) is 0 Å². The molecule has 1 saturated heterocycles. The highest BCUT2D eigenvalue weighted by Crippen LogP contribution is 2.28. The monoisotopic (exact) mass is 381 g/mol. The Kier molecular flexibility index (Phi) is 6.03. The lowest BCUT2D eigenvalue weighted by Crippen LogP contribution is -2.41. The van der Waals surface area contributed by atoms with Gasteiger partial charge in [0.1, 0.15) is 12.0 Å². The zero-order valence-corrected chi connectivity index (χ0v) is 16.9. The fourth-order valence-corrected chi connectivity index (χ4v) is 4.77. The van der Waals surface area contributed by atoms with E-state index in [1.807, 2.05) is 23.9 Å². The summed E-state index contributed by atoms with van der Waals surface area (Å²) < 4.78 is 1.97. The number of rotatable bonds is 5. The van der Waals surface area contributed by atoms with Crippen molar-refractivity contribution in [2.24, 2.45) is 18.9 Å². The zero-order chi connectivity index (χ0) is 19.3. The summed E-state index contributed by atoms with van der Waals surface area (Å²) in [5.74, 6) is 2.32. The Morgan fingerprint density at radius 1 is 1.07 bits per heavy atom. The first-order valence-corrected chi connectivity index (χ1v) is 10.8. The van der Waals surface area contributed by atoms with Gasteiger partial charge in [0.2, 0.25) is 5.91 Å². The first kappa shape index (κ1) is 19.1. The van der Waals surface area contributed by atoms with Crippen LogP contribution in [0.25, 0.3) is 11.5 Å². The second kappa shape index (κ2) is 8.84. The lowest BCUT2D eigenvalue weighted by Gasteiger charge is -2.34. The Morgan fingerprint density at radius 3 is 2.68 bits per heavy atom. The highest BCUT2D eigenvalue weighted by molar-refractivity contribution is 5.76. The van der Waals surface area contributed by atoms with Crippen LogP contribution in [0.1, 0.15) is 57.1 Å². The van der Waals surface area contributed by atoms with Crippen molar-refractivity contribution in [2.75, 3.05) is 13.1 Å². The molecule has 3 heterocycles. The van der Waals surface area contributed by atoms with E-state index in [2.05, 4.69) is 19.9 Å². The van der Waals surface area contributed by atoms with Crippen molar-refractivity contribution in [3.05, 3.63) is 30.5 Å². The minimum atomic E-state index is 0.369. The van der Waals surface area contributed by atoms with Gasteiger partial charge in [-0.25, -0.2) is 15.0 Å². The zero-order valence-electron chi connectivity index (χ0n) is 16.9. The van der Waals surface area contributed by atoms with Gasteiger partial charge >= 0.3 is 0 Å². The Balaban J connectivity index is 1.36. The lowest BCUT2D eigenvalue weighted by atomic mass is 9.86. The maximum absolute atomic E-state index is 12.8. The van der Waals surface area contributed by atoms with E-state index in [1.54, 1.807) is 12.5 Å². The van der Waals surface area contributed by atoms with Gasteiger partial charge < -0.3 is 9.47 Å². The molecule has 28 heavy (non-hydrogen) atoms. The van der Waals surface area contributed by atoms with Crippen molar-refractivity contribution in [1.29, 1.82) is 0 Å². The van der Waals surface area contributed by atoms with Crippen molar-refractivity contribution < 1.29 is 4.79 Å². The molecule has 1 saturated carbocycles. The number of hydrogen-bond donors (Lipinski definition) is 0. The van der Waals surface area contributed by atoms with Crippen molar-refractivity contribution in [3.8, 4) is 11.5 Å². The fourth-order valence-electron chi connectivity index (χ4n) is 4.77. The van der Waals surface area contributed by atoms with Crippen LogP contribution >= 0.6 is 0 Å². The molecule has 4 rings (SSSR count). The molecule has 0 aromatic carbocycles. The number of likely N-dealkylation sites (tertiary alicyclic amines) is 1. The normalized spacial score (nSPS) is 21.0. The second-order valence-corrected chi connectivity index (χ2v) is 8.52. The van der Waals surface area contributed by atoms with Gasteiger partial charge in [0.25, 0.3) is 0 Å². The first-order chi connectivity index (χ1) is 13.7. The molecule has 0 spiro atoms. The minimum Gasteiger partial charge on any atom is -0.342 e. The summed E-state index contributed by atoms with van der Waals surface area (Å²) >= 11 is 0. The number of amides is 1. The molecule has 150 valence electrons. The molecule has 1 atom stereocenters. The molecular formula is C22H31N5O. The molecule has 2 fully saturated rings. The van der Waals surface area contributed by atoms with Crippen LogP contribution in [0.5, 0.6) is 0 Å². The lowest BCUT2D eigenvalue weighted by molar-refractivity contribution is -0.134.